The quantitative estimate of drug-likeness (QED) is 0.180. The zero-order valence-electron chi connectivity index (χ0n) is 29.2. The Labute approximate surface area is 284 Å². The number of nitrogens with zero attached hydrogens (tertiary/aromatic N) is 4. The van der Waals surface area contributed by atoms with Crippen molar-refractivity contribution in [2.75, 3.05) is 20.1 Å². The summed E-state index contributed by atoms with van der Waals surface area (Å²) in [4.78, 5) is 33.5. The van der Waals surface area contributed by atoms with Gasteiger partial charge in [0.2, 0.25) is 0 Å². The highest BCUT2D eigenvalue weighted by atomic mass is 16.4. The van der Waals surface area contributed by atoms with Gasteiger partial charge in [-0.2, -0.15) is 0 Å². The molecule has 2 aromatic carbocycles. The number of hydrogen-bond acceptors (Lipinski definition) is 6. The summed E-state index contributed by atoms with van der Waals surface area (Å²) in [5, 5.41) is 15.6. The number of aryl methyl sites for hydroxylation is 4. The van der Waals surface area contributed by atoms with E-state index in [0.717, 1.165) is 31.9 Å². The van der Waals surface area contributed by atoms with Gasteiger partial charge in [-0.15, -0.1) is 0 Å². The molecule has 8 heteroatoms. The zero-order valence-corrected chi connectivity index (χ0v) is 29.2. The lowest BCUT2D eigenvalue weighted by molar-refractivity contribution is -0.134. The maximum atomic E-state index is 9.55. The smallest absolute Gasteiger partial charge is 0.328 e. The molecule has 252 valence electrons. The van der Waals surface area contributed by atoms with Gasteiger partial charge in [0.25, 0.3) is 0 Å². The highest BCUT2D eigenvalue weighted by Gasteiger charge is 2.23. The molecular weight excluding hydrogens is 600 g/mol. The summed E-state index contributed by atoms with van der Waals surface area (Å²) >= 11 is 0. The van der Waals surface area contributed by atoms with Crippen LogP contribution in [0.3, 0.4) is 0 Å². The Morgan fingerprint density at radius 1 is 0.771 bits per heavy atom. The van der Waals surface area contributed by atoms with E-state index >= 15 is 0 Å². The maximum Gasteiger partial charge on any atom is 0.328 e. The van der Waals surface area contributed by atoms with E-state index in [1.165, 1.54) is 74.0 Å². The number of benzene rings is 2. The topological polar surface area (TPSA) is 107 Å². The fourth-order valence-electron chi connectivity index (χ4n) is 6.18. The molecule has 2 aromatic heterocycles. The summed E-state index contributed by atoms with van der Waals surface area (Å²) in [6.45, 7) is 17.3. The van der Waals surface area contributed by atoms with Gasteiger partial charge in [-0.25, -0.2) is 9.59 Å². The van der Waals surface area contributed by atoms with Gasteiger partial charge in [0.1, 0.15) is 0 Å². The molecule has 1 fully saturated rings. The fraction of sp³-hybridized carbons (Fsp3) is 0.350. The van der Waals surface area contributed by atoms with Gasteiger partial charge in [-0.05, 0) is 155 Å². The van der Waals surface area contributed by atoms with Crippen LogP contribution in [-0.4, -0.2) is 68.1 Å². The van der Waals surface area contributed by atoms with Crippen molar-refractivity contribution in [3.05, 3.63) is 118 Å². The lowest BCUT2D eigenvalue weighted by Gasteiger charge is -2.37. The van der Waals surface area contributed by atoms with E-state index in [0.29, 0.717) is 18.2 Å². The van der Waals surface area contributed by atoms with Gasteiger partial charge in [0, 0.05) is 61.0 Å². The van der Waals surface area contributed by atoms with Crippen LogP contribution in [0.25, 0.3) is 22.4 Å². The Bertz CT molecular complexity index is 1730. The lowest BCUT2D eigenvalue weighted by atomic mass is 9.96. The first-order valence-electron chi connectivity index (χ1n) is 16.4. The molecule has 3 heterocycles. The Kier molecular flexibility index (Phi) is 12.4. The van der Waals surface area contributed by atoms with Crippen molar-refractivity contribution in [1.82, 2.24) is 19.8 Å². The van der Waals surface area contributed by atoms with Crippen LogP contribution in [0.1, 0.15) is 57.3 Å². The third kappa shape index (κ3) is 9.92. The van der Waals surface area contributed by atoms with Crippen LogP contribution in [0, 0.1) is 41.5 Å². The lowest BCUT2D eigenvalue weighted by Crippen LogP contribution is -2.42. The summed E-state index contributed by atoms with van der Waals surface area (Å²) in [5.41, 5.74) is 15.5. The molecule has 0 radical (unpaired) electrons. The predicted molar refractivity (Wildman–Crippen MR) is 192 cm³/mol. The van der Waals surface area contributed by atoms with E-state index in [-0.39, 0.29) is 0 Å². The van der Waals surface area contributed by atoms with Crippen molar-refractivity contribution in [2.24, 2.45) is 0 Å². The predicted octanol–water partition coefficient (Wildman–Crippen LogP) is 7.47. The molecule has 0 atom stereocenters. The molecule has 48 heavy (non-hydrogen) atoms. The second-order valence-electron chi connectivity index (χ2n) is 13.0. The van der Waals surface area contributed by atoms with Crippen LogP contribution < -0.4 is 0 Å². The van der Waals surface area contributed by atoms with Gasteiger partial charge in [0.05, 0.1) is 5.69 Å². The maximum absolute atomic E-state index is 9.55. The number of rotatable bonds is 9. The fourth-order valence-corrected chi connectivity index (χ4v) is 6.18. The van der Waals surface area contributed by atoms with Crippen LogP contribution in [0.15, 0.2) is 73.2 Å². The molecule has 1 aliphatic heterocycles. The highest BCUT2D eigenvalue weighted by Crippen LogP contribution is 2.27. The first kappa shape index (κ1) is 36.2. The Balaban J connectivity index is 0.000000579. The first-order valence-corrected chi connectivity index (χ1v) is 16.4. The van der Waals surface area contributed by atoms with Crippen molar-refractivity contribution in [3.63, 3.8) is 0 Å². The van der Waals surface area contributed by atoms with Crippen LogP contribution >= 0.6 is 0 Å². The number of carbonyl (C=O) groups is 2. The molecule has 5 rings (SSSR count). The van der Waals surface area contributed by atoms with Crippen LogP contribution in [-0.2, 0) is 22.7 Å². The normalized spacial score (nSPS) is 13.8. The summed E-state index contributed by atoms with van der Waals surface area (Å²) in [6.07, 6.45) is 9.49. The standard InChI is InChI=1S/C36H44N4.C4H4O4/c1-24-14-32(15-25(2)28(24)5)34-18-31(20-37-21-34)22-39(7)35-9-12-40(13-10-35)23-30-8-11-38-36(19-30)33-16-26(3)29(6)27(4)17-33;5-3(6)1-2-4(7)8/h8,11,14-21,35H,9-10,12-13,22-23H2,1-7H3;1-2H,(H,5,6)(H,7,8)/b;2-1+. The van der Waals surface area contributed by atoms with Crippen LogP contribution in [0.4, 0.5) is 0 Å². The van der Waals surface area contributed by atoms with Gasteiger partial charge in [-0.1, -0.05) is 12.1 Å². The van der Waals surface area contributed by atoms with Crippen molar-refractivity contribution in [3.8, 4) is 22.4 Å². The molecule has 0 aliphatic carbocycles. The third-order valence-electron chi connectivity index (χ3n) is 9.49. The SMILES string of the molecule is Cc1cc(-c2cncc(CN(C)C3CCN(Cc4ccnc(-c5cc(C)c(C)c(C)c5)c4)CC3)c2)cc(C)c1C.O=C(O)/C=C/C(=O)O. The monoisotopic (exact) mass is 648 g/mol. The first-order chi connectivity index (χ1) is 22.8. The molecule has 0 unspecified atom stereocenters. The van der Waals surface area contributed by atoms with Gasteiger partial charge < -0.3 is 10.2 Å². The molecule has 2 N–H and O–H groups in total. The number of aromatic nitrogens is 2. The number of piperidine rings is 1. The molecule has 4 aromatic rings. The largest absolute Gasteiger partial charge is 0.478 e. The molecule has 8 nitrogen and oxygen atoms in total. The van der Waals surface area contributed by atoms with E-state index in [4.69, 9.17) is 15.2 Å². The minimum atomic E-state index is -1.26. The molecule has 0 bridgehead atoms. The average Bonchev–Trinajstić information content (AvgIpc) is 3.05. The Morgan fingerprint density at radius 3 is 1.85 bits per heavy atom. The second kappa shape index (κ2) is 16.4. The van der Waals surface area contributed by atoms with E-state index in [1.807, 2.05) is 18.6 Å². The van der Waals surface area contributed by atoms with E-state index in [2.05, 4.69) is 106 Å². The van der Waals surface area contributed by atoms with Crippen molar-refractivity contribution < 1.29 is 19.8 Å². The minimum Gasteiger partial charge on any atom is -0.478 e. The summed E-state index contributed by atoms with van der Waals surface area (Å²) in [7, 11) is 2.27. The minimum absolute atomic E-state index is 0.558. The van der Waals surface area contributed by atoms with Crippen LogP contribution in [0.5, 0.6) is 0 Å². The van der Waals surface area contributed by atoms with Gasteiger partial charge in [-0.3, -0.25) is 19.8 Å². The number of pyridine rings is 2. The van der Waals surface area contributed by atoms with Crippen molar-refractivity contribution >= 4 is 11.9 Å². The molecule has 0 saturated carbocycles. The van der Waals surface area contributed by atoms with Crippen molar-refractivity contribution in [1.29, 1.82) is 0 Å². The van der Waals surface area contributed by atoms with Crippen LogP contribution in [0.2, 0.25) is 0 Å². The number of carboxylic acids is 2. The summed E-state index contributed by atoms with van der Waals surface area (Å²) in [5.74, 6) is -2.51. The number of likely N-dealkylation sites (tertiary alicyclic amines) is 1. The number of carboxylic acid groups (broad SMARTS) is 2. The molecule has 1 saturated heterocycles. The second-order valence-corrected chi connectivity index (χ2v) is 13.0. The molecule has 0 amide bonds. The summed E-state index contributed by atoms with van der Waals surface area (Å²) < 4.78 is 0. The zero-order chi connectivity index (χ0) is 35.0. The number of aliphatic carboxylic acids is 2. The van der Waals surface area contributed by atoms with Gasteiger partial charge in [0.15, 0.2) is 0 Å². The Hall–Kier alpha value is -4.66. The van der Waals surface area contributed by atoms with E-state index in [1.54, 1.807) is 0 Å². The molecule has 0 spiro atoms. The third-order valence-corrected chi connectivity index (χ3v) is 9.49. The number of hydrogen-bond donors (Lipinski definition) is 2. The van der Waals surface area contributed by atoms with E-state index < -0.39 is 11.9 Å². The average molecular weight is 649 g/mol. The van der Waals surface area contributed by atoms with Crippen molar-refractivity contribution in [2.45, 2.75) is 73.5 Å². The van der Waals surface area contributed by atoms with Gasteiger partial charge >= 0.3 is 11.9 Å². The molecule has 1 aliphatic rings. The Morgan fingerprint density at radius 2 is 1.31 bits per heavy atom. The summed E-state index contributed by atoms with van der Waals surface area (Å²) in [6, 6.07) is 16.5. The molecular formula is C40H48N4O4. The highest BCUT2D eigenvalue weighted by molar-refractivity contribution is 5.89. The van der Waals surface area contributed by atoms with E-state index in [9.17, 15) is 9.59 Å².